The fraction of sp³-hybridized carbons (Fsp3) is 0.348. The molecule has 0 bridgehead atoms. The van der Waals surface area contributed by atoms with E-state index in [1.165, 1.54) is 0 Å². The van der Waals surface area contributed by atoms with E-state index in [4.69, 9.17) is 4.74 Å². The molecule has 1 heterocycles. The van der Waals surface area contributed by atoms with Crippen LogP contribution in [-0.2, 0) is 11.3 Å². The lowest BCUT2D eigenvalue weighted by atomic mass is 10.1. The van der Waals surface area contributed by atoms with Gasteiger partial charge in [-0.1, -0.05) is 0 Å². The van der Waals surface area contributed by atoms with Gasteiger partial charge in [-0.05, 0) is 69.3 Å². The van der Waals surface area contributed by atoms with Gasteiger partial charge in [0.2, 0.25) is 0 Å². The van der Waals surface area contributed by atoms with Crippen LogP contribution in [0.4, 0.5) is 11.4 Å². The summed E-state index contributed by atoms with van der Waals surface area (Å²) < 4.78 is 7.30. The first-order valence-electron chi connectivity index (χ1n) is 9.79. The summed E-state index contributed by atoms with van der Waals surface area (Å²) in [4.78, 5) is 14.9. The molecule has 3 aromatic rings. The van der Waals surface area contributed by atoms with Gasteiger partial charge in [0.25, 0.3) is 5.91 Å². The maximum Gasteiger partial charge on any atom is 0.255 e. The number of fused-ring (bicyclic) bond motifs is 1. The second-order valence-electron chi connectivity index (χ2n) is 7.16. The molecule has 0 fully saturated rings. The third-order valence-electron chi connectivity index (χ3n) is 4.99. The maximum absolute atomic E-state index is 12.6. The molecule has 3 rings (SSSR count). The Balaban J connectivity index is 1.72. The van der Waals surface area contributed by atoms with Gasteiger partial charge in [0.05, 0.1) is 6.61 Å². The molecule has 2 aromatic carbocycles. The first-order chi connectivity index (χ1) is 13.5. The van der Waals surface area contributed by atoms with Crippen LogP contribution in [0, 0.1) is 0 Å². The highest BCUT2D eigenvalue weighted by Gasteiger charge is 2.11. The van der Waals surface area contributed by atoms with Crippen molar-refractivity contribution in [3.05, 3.63) is 60.3 Å². The lowest BCUT2D eigenvalue weighted by molar-refractivity contribution is 0.102. The molecule has 5 nitrogen and oxygen atoms in total. The molecule has 0 spiro atoms. The third-order valence-corrected chi connectivity index (χ3v) is 4.99. The molecule has 0 aliphatic carbocycles. The molecule has 0 saturated carbocycles. The lowest BCUT2D eigenvalue weighted by Gasteiger charge is -2.27. The minimum Gasteiger partial charge on any atom is -0.383 e. The van der Waals surface area contributed by atoms with Crippen LogP contribution in [0.1, 0.15) is 31.1 Å². The highest BCUT2D eigenvalue weighted by Crippen LogP contribution is 2.22. The number of hydrogen-bond acceptors (Lipinski definition) is 3. The Morgan fingerprint density at radius 3 is 2.54 bits per heavy atom. The van der Waals surface area contributed by atoms with Crippen molar-refractivity contribution in [1.29, 1.82) is 0 Å². The van der Waals surface area contributed by atoms with E-state index in [-0.39, 0.29) is 5.91 Å². The number of rotatable bonds is 8. The normalized spacial score (nSPS) is 11.2. The molecule has 1 aromatic heterocycles. The van der Waals surface area contributed by atoms with E-state index in [1.54, 1.807) is 7.11 Å². The van der Waals surface area contributed by atoms with Crippen molar-refractivity contribution < 1.29 is 9.53 Å². The van der Waals surface area contributed by atoms with Crippen LogP contribution in [-0.4, -0.2) is 36.8 Å². The first kappa shape index (κ1) is 20.0. The van der Waals surface area contributed by atoms with Gasteiger partial charge in [0.15, 0.2) is 0 Å². The van der Waals surface area contributed by atoms with Gasteiger partial charge in [0.1, 0.15) is 0 Å². The van der Waals surface area contributed by atoms with Crippen LogP contribution in [0.2, 0.25) is 0 Å². The van der Waals surface area contributed by atoms with Gasteiger partial charge in [0, 0.05) is 60.3 Å². The molecule has 148 valence electrons. The Morgan fingerprint density at radius 1 is 1.14 bits per heavy atom. The van der Waals surface area contributed by atoms with Crippen molar-refractivity contribution >= 4 is 28.2 Å². The molecular formula is C23H29N3O2. The number of carbonyl (C=O) groups excluding carboxylic acids is 1. The molecule has 0 saturated heterocycles. The van der Waals surface area contributed by atoms with Crippen LogP contribution in [0.25, 0.3) is 10.9 Å². The second kappa shape index (κ2) is 8.93. The Morgan fingerprint density at radius 2 is 1.89 bits per heavy atom. The number of amides is 1. The molecule has 5 heteroatoms. The van der Waals surface area contributed by atoms with Crippen LogP contribution in [0.15, 0.2) is 54.7 Å². The van der Waals surface area contributed by atoms with E-state index < -0.39 is 0 Å². The van der Waals surface area contributed by atoms with Gasteiger partial charge in [-0.15, -0.1) is 0 Å². The minimum atomic E-state index is -0.0997. The van der Waals surface area contributed by atoms with E-state index in [0.717, 1.165) is 35.4 Å². The summed E-state index contributed by atoms with van der Waals surface area (Å²) in [6.45, 7) is 8.89. The van der Waals surface area contributed by atoms with Gasteiger partial charge >= 0.3 is 0 Å². The molecule has 0 radical (unpaired) electrons. The molecule has 1 amide bonds. The van der Waals surface area contributed by atoms with Crippen molar-refractivity contribution in [2.45, 2.75) is 33.4 Å². The Hall–Kier alpha value is -2.79. The summed E-state index contributed by atoms with van der Waals surface area (Å²) >= 11 is 0. The van der Waals surface area contributed by atoms with E-state index >= 15 is 0 Å². The minimum absolute atomic E-state index is 0.0997. The number of methoxy groups -OCH3 is 1. The number of anilines is 2. The number of aromatic nitrogens is 1. The summed E-state index contributed by atoms with van der Waals surface area (Å²) in [5, 5.41) is 4.10. The molecule has 28 heavy (non-hydrogen) atoms. The van der Waals surface area contributed by atoms with Crippen LogP contribution < -0.4 is 10.2 Å². The Kier molecular flexibility index (Phi) is 6.37. The lowest BCUT2D eigenvalue weighted by Crippen LogP contribution is -2.30. The fourth-order valence-electron chi connectivity index (χ4n) is 3.52. The zero-order valence-electron chi connectivity index (χ0n) is 17.1. The monoisotopic (exact) mass is 379 g/mol. The number of ether oxygens (including phenoxy) is 1. The van der Waals surface area contributed by atoms with Crippen LogP contribution >= 0.6 is 0 Å². The van der Waals surface area contributed by atoms with Gasteiger partial charge < -0.3 is 19.5 Å². The fourth-order valence-corrected chi connectivity index (χ4v) is 3.52. The van der Waals surface area contributed by atoms with Gasteiger partial charge in [-0.25, -0.2) is 0 Å². The first-order valence-corrected chi connectivity index (χ1v) is 9.79. The van der Waals surface area contributed by atoms with Crippen molar-refractivity contribution in [3.63, 3.8) is 0 Å². The van der Waals surface area contributed by atoms with Crippen molar-refractivity contribution in [3.8, 4) is 0 Å². The number of carbonyl (C=O) groups is 1. The largest absolute Gasteiger partial charge is 0.383 e. The van der Waals surface area contributed by atoms with Crippen molar-refractivity contribution in [2.24, 2.45) is 0 Å². The smallest absolute Gasteiger partial charge is 0.255 e. The summed E-state index contributed by atoms with van der Waals surface area (Å²) in [5.41, 5.74) is 3.71. The molecule has 0 aliphatic rings. The van der Waals surface area contributed by atoms with E-state index in [1.807, 2.05) is 48.7 Å². The average molecular weight is 380 g/mol. The number of hydrogen-bond donors (Lipinski definition) is 1. The van der Waals surface area contributed by atoms with Crippen molar-refractivity contribution in [2.75, 3.05) is 30.5 Å². The topological polar surface area (TPSA) is 46.5 Å². The molecule has 1 N–H and O–H groups in total. The SMILES string of the molecule is CCN(c1ccc(C(=O)Nc2ccc3c(ccn3CCOC)c2)cc1)C(C)C. The predicted molar refractivity (Wildman–Crippen MR) is 116 cm³/mol. The average Bonchev–Trinajstić information content (AvgIpc) is 3.09. The summed E-state index contributed by atoms with van der Waals surface area (Å²) in [6, 6.07) is 16.2. The standard InChI is InChI=1S/C23H29N3O2/c1-5-26(17(2)3)21-9-6-18(7-10-21)23(27)24-20-8-11-22-19(16-20)12-13-25(22)14-15-28-4/h6-13,16-17H,5,14-15H2,1-4H3,(H,24,27). The number of benzene rings is 2. The second-order valence-corrected chi connectivity index (χ2v) is 7.16. The summed E-state index contributed by atoms with van der Waals surface area (Å²) in [7, 11) is 1.70. The highest BCUT2D eigenvalue weighted by atomic mass is 16.5. The van der Waals surface area contributed by atoms with Crippen molar-refractivity contribution in [1.82, 2.24) is 4.57 Å². The van der Waals surface area contributed by atoms with Gasteiger partial charge in [-0.2, -0.15) is 0 Å². The van der Waals surface area contributed by atoms with Crippen LogP contribution in [0.3, 0.4) is 0 Å². The van der Waals surface area contributed by atoms with E-state index in [2.05, 4.69) is 41.6 Å². The third kappa shape index (κ3) is 4.37. The summed E-state index contributed by atoms with van der Waals surface area (Å²) in [6.07, 6.45) is 2.04. The van der Waals surface area contributed by atoms with E-state index in [0.29, 0.717) is 18.2 Å². The zero-order valence-corrected chi connectivity index (χ0v) is 17.1. The Labute approximate surface area is 166 Å². The Bertz CT molecular complexity index is 929. The molecule has 0 atom stereocenters. The number of nitrogens with one attached hydrogen (secondary N) is 1. The highest BCUT2D eigenvalue weighted by molar-refractivity contribution is 6.05. The van der Waals surface area contributed by atoms with Crippen LogP contribution in [0.5, 0.6) is 0 Å². The van der Waals surface area contributed by atoms with E-state index in [9.17, 15) is 4.79 Å². The number of nitrogens with zero attached hydrogens (tertiary/aromatic N) is 2. The summed E-state index contributed by atoms with van der Waals surface area (Å²) in [5.74, 6) is -0.0997. The maximum atomic E-state index is 12.6. The molecule has 0 unspecified atom stereocenters. The molecule has 0 aliphatic heterocycles. The van der Waals surface area contributed by atoms with Gasteiger partial charge in [-0.3, -0.25) is 4.79 Å². The zero-order chi connectivity index (χ0) is 20.1. The quantitative estimate of drug-likeness (QED) is 0.613. The predicted octanol–water partition coefficient (Wildman–Crippen LogP) is 4.77. The molecular weight excluding hydrogens is 350 g/mol.